The Morgan fingerprint density at radius 1 is 1.25 bits per heavy atom. The first-order valence-corrected chi connectivity index (χ1v) is 10.5. The zero-order chi connectivity index (χ0) is 19.8. The van der Waals surface area contributed by atoms with Gasteiger partial charge in [-0.3, -0.25) is 9.69 Å². The van der Waals surface area contributed by atoms with Crippen molar-refractivity contribution in [3.8, 4) is 0 Å². The number of anilines is 1. The third-order valence-electron chi connectivity index (χ3n) is 7.17. The van der Waals surface area contributed by atoms with E-state index in [1.54, 1.807) is 0 Å². The van der Waals surface area contributed by atoms with Gasteiger partial charge >= 0.3 is 5.97 Å². The zero-order valence-electron chi connectivity index (χ0n) is 17.1. The average molecular weight is 385 g/mol. The van der Waals surface area contributed by atoms with Crippen LogP contribution in [0.3, 0.4) is 0 Å². The van der Waals surface area contributed by atoms with Crippen LogP contribution in [-0.4, -0.2) is 48.3 Å². The number of carbonyl (C=O) groups excluding carboxylic acids is 1. The molecule has 4 rings (SSSR count). The average Bonchev–Trinajstić information content (AvgIpc) is 2.70. The van der Waals surface area contributed by atoms with Crippen LogP contribution in [0.15, 0.2) is 35.5 Å². The number of rotatable bonds is 3. The van der Waals surface area contributed by atoms with E-state index >= 15 is 0 Å². The molecule has 1 saturated heterocycles. The minimum absolute atomic E-state index is 0.178. The molecule has 1 aromatic rings. The van der Waals surface area contributed by atoms with Crippen molar-refractivity contribution < 1.29 is 14.6 Å². The second kappa shape index (κ2) is 7.88. The Balaban J connectivity index is 1.62. The van der Waals surface area contributed by atoms with Crippen LogP contribution in [0.2, 0.25) is 0 Å². The first kappa shape index (κ1) is 19.5. The summed E-state index contributed by atoms with van der Waals surface area (Å²) >= 11 is 0. The molecule has 152 valence electrons. The molecule has 2 aliphatic heterocycles. The van der Waals surface area contributed by atoms with Crippen molar-refractivity contribution in [1.29, 1.82) is 0 Å². The normalized spacial score (nSPS) is 33.1. The topological polar surface area (TPSA) is 61.8 Å². The summed E-state index contributed by atoms with van der Waals surface area (Å²) in [5.74, 6) is -0.00712. The second-order valence-corrected chi connectivity index (χ2v) is 8.75. The maximum atomic E-state index is 12.5. The van der Waals surface area contributed by atoms with Crippen LogP contribution in [0.1, 0.15) is 38.2 Å². The Bertz CT molecular complexity index is 775. The maximum absolute atomic E-state index is 12.5. The Kier molecular flexibility index (Phi) is 5.48. The Morgan fingerprint density at radius 3 is 2.79 bits per heavy atom. The van der Waals surface area contributed by atoms with Gasteiger partial charge in [0.25, 0.3) is 0 Å². The molecule has 3 aliphatic rings. The fraction of sp³-hybridized carbons (Fsp3) is 0.609. The van der Waals surface area contributed by atoms with E-state index in [9.17, 15) is 9.90 Å². The van der Waals surface area contributed by atoms with Gasteiger partial charge in [-0.15, -0.1) is 0 Å². The number of nitrogens with one attached hydrogen (secondary N) is 1. The lowest BCUT2D eigenvalue weighted by Crippen LogP contribution is -2.57. The third-order valence-corrected chi connectivity index (χ3v) is 7.17. The standard InChI is InChI=1S/C23H32N2O3/c1-14-6-4-5-7-18(14)24-22-15(2)10-11-25-13-16-8-9-20(26)21(23(27)28-3)17(16)12-19(22)25/h4-7,16-17,19-21,24,26H,8-13H2,1-3H3/t16-,17+,19+,20+,21-/m0/s1. The molecule has 0 amide bonds. The van der Waals surface area contributed by atoms with Crippen LogP contribution >= 0.6 is 0 Å². The van der Waals surface area contributed by atoms with Crippen molar-refractivity contribution in [1.82, 2.24) is 4.90 Å². The van der Waals surface area contributed by atoms with Crippen LogP contribution in [-0.2, 0) is 9.53 Å². The third kappa shape index (κ3) is 3.46. The highest BCUT2D eigenvalue weighted by molar-refractivity contribution is 5.73. The highest BCUT2D eigenvalue weighted by atomic mass is 16.5. The summed E-state index contributed by atoms with van der Waals surface area (Å²) in [6, 6.07) is 8.65. The number of nitrogens with zero attached hydrogens (tertiary/aromatic N) is 1. The van der Waals surface area contributed by atoms with E-state index in [1.165, 1.54) is 23.9 Å². The van der Waals surface area contributed by atoms with E-state index in [4.69, 9.17) is 4.74 Å². The molecule has 0 spiro atoms. The molecule has 2 N–H and O–H groups in total. The van der Waals surface area contributed by atoms with Gasteiger partial charge in [-0.25, -0.2) is 0 Å². The van der Waals surface area contributed by atoms with Crippen molar-refractivity contribution in [2.75, 3.05) is 25.5 Å². The number of methoxy groups -OCH3 is 1. The molecule has 0 aromatic heterocycles. The number of benzene rings is 1. The molecule has 1 aliphatic carbocycles. The number of aliphatic hydroxyl groups is 1. The lowest BCUT2D eigenvalue weighted by molar-refractivity contribution is -0.159. The van der Waals surface area contributed by atoms with E-state index in [1.807, 2.05) is 0 Å². The molecule has 0 unspecified atom stereocenters. The summed E-state index contributed by atoms with van der Waals surface area (Å²) in [5, 5.41) is 14.3. The molecule has 5 heteroatoms. The van der Waals surface area contributed by atoms with E-state index < -0.39 is 12.0 Å². The number of aryl methyl sites for hydroxylation is 1. The van der Waals surface area contributed by atoms with E-state index in [-0.39, 0.29) is 17.9 Å². The number of para-hydroxylation sites is 1. The summed E-state index contributed by atoms with van der Waals surface area (Å²) in [7, 11) is 1.43. The van der Waals surface area contributed by atoms with Crippen LogP contribution in [0.4, 0.5) is 5.69 Å². The SMILES string of the molecule is COC(=O)[C@H]1[C@@H]2C[C@@H]3C(Nc4ccccc4C)=C(C)CCN3C[C@@H]2CC[C@H]1O. The van der Waals surface area contributed by atoms with Gasteiger partial charge in [0.05, 0.1) is 25.2 Å². The zero-order valence-corrected chi connectivity index (χ0v) is 17.1. The number of carbonyl (C=O) groups is 1. The minimum Gasteiger partial charge on any atom is -0.469 e. The molecule has 0 radical (unpaired) electrons. The maximum Gasteiger partial charge on any atom is 0.311 e. The summed E-state index contributed by atoms with van der Waals surface area (Å²) < 4.78 is 5.06. The van der Waals surface area contributed by atoms with Gasteiger partial charge in [-0.1, -0.05) is 23.8 Å². The number of esters is 1. The van der Waals surface area contributed by atoms with Crippen molar-refractivity contribution in [2.45, 2.75) is 51.7 Å². The van der Waals surface area contributed by atoms with Crippen LogP contribution < -0.4 is 5.32 Å². The van der Waals surface area contributed by atoms with E-state index in [2.05, 4.69) is 48.3 Å². The molecule has 2 heterocycles. The van der Waals surface area contributed by atoms with Crippen LogP contribution in [0.5, 0.6) is 0 Å². The monoisotopic (exact) mass is 384 g/mol. The van der Waals surface area contributed by atoms with Gasteiger partial charge < -0.3 is 15.2 Å². The number of aliphatic hydroxyl groups excluding tert-OH is 1. The van der Waals surface area contributed by atoms with Crippen molar-refractivity contribution in [3.05, 3.63) is 41.1 Å². The number of hydrogen-bond acceptors (Lipinski definition) is 5. The number of hydrogen-bond donors (Lipinski definition) is 2. The predicted molar refractivity (Wildman–Crippen MR) is 110 cm³/mol. The van der Waals surface area contributed by atoms with Gasteiger partial charge in [0, 0.05) is 24.5 Å². The molecule has 28 heavy (non-hydrogen) atoms. The number of piperidine rings is 1. The number of fused-ring (bicyclic) bond motifs is 2. The minimum atomic E-state index is -0.582. The van der Waals surface area contributed by atoms with E-state index in [0.29, 0.717) is 12.3 Å². The van der Waals surface area contributed by atoms with E-state index in [0.717, 1.165) is 38.0 Å². The van der Waals surface area contributed by atoms with Gasteiger partial charge in [0.15, 0.2) is 0 Å². The highest BCUT2D eigenvalue weighted by Crippen LogP contribution is 2.45. The summed E-state index contributed by atoms with van der Waals surface area (Å²) in [5.41, 5.74) is 5.06. The number of ether oxygens (including phenoxy) is 1. The molecule has 1 aromatic carbocycles. The van der Waals surface area contributed by atoms with Gasteiger partial charge in [-0.2, -0.15) is 0 Å². The summed E-state index contributed by atoms with van der Waals surface area (Å²) in [4.78, 5) is 15.0. The lowest BCUT2D eigenvalue weighted by atomic mass is 9.65. The summed E-state index contributed by atoms with van der Waals surface area (Å²) in [6.07, 6.45) is 3.08. The molecule has 0 bridgehead atoms. The van der Waals surface area contributed by atoms with Gasteiger partial charge in [0.2, 0.25) is 0 Å². The highest BCUT2D eigenvalue weighted by Gasteiger charge is 2.49. The largest absolute Gasteiger partial charge is 0.469 e. The molecular weight excluding hydrogens is 352 g/mol. The second-order valence-electron chi connectivity index (χ2n) is 8.75. The quantitative estimate of drug-likeness (QED) is 0.783. The molecular formula is C23H32N2O3. The molecule has 2 fully saturated rings. The molecule has 1 saturated carbocycles. The fourth-order valence-electron chi connectivity index (χ4n) is 5.55. The summed E-state index contributed by atoms with van der Waals surface area (Å²) in [6.45, 7) is 6.42. The van der Waals surface area contributed by atoms with Crippen molar-refractivity contribution >= 4 is 11.7 Å². The van der Waals surface area contributed by atoms with Gasteiger partial charge in [-0.05, 0) is 63.0 Å². The first-order valence-electron chi connectivity index (χ1n) is 10.5. The smallest absolute Gasteiger partial charge is 0.311 e. The Morgan fingerprint density at radius 2 is 2.04 bits per heavy atom. The molecule has 5 atom stereocenters. The van der Waals surface area contributed by atoms with Crippen LogP contribution in [0.25, 0.3) is 0 Å². The van der Waals surface area contributed by atoms with Crippen LogP contribution in [0, 0.1) is 24.7 Å². The Hall–Kier alpha value is -1.85. The Labute approximate surface area is 167 Å². The fourth-order valence-corrected chi connectivity index (χ4v) is 5.55. The molecule has 5 nitrogen and oxygen atoms in total. The first-order chi connectivity index (χ1) is 13.5. The van der Waals surface area contributed by atoms with Gasteiger partial charge in [0.1, 0.15) is 0 Å². The van der Waals surface area contributed by atoms with Crippen molar-refractivity contribution in [2.24, 2.45) is 17.8 Å². The lowest BCUT2D eigenvalue weighted by Gasteiger charge is -2.51. The predicted octanol–water partition coefficient (Wildman–Crippen LogP) is 3.34. The van der Waals surface area contributed by atoms with Crippen molar-refractivity contribution in [3.63, 3.8) is 0 Å².